The number of allylic oxidation sites excluding steroid dienone is 3. The van der Waals surface area contributed by atoms with Crippen LogP contribution >= 0.6 is 0 Å². The Balaban J connectivity index is 2.22. The molecule has 1 saturated carbocycles. The molecule has 1 heteroatoms. The molecule has 1 heterocycles. The monoisotopic (exact) mass is 205 g/mol. The lowest BCUT2D eigenvalue weighted by atomic mass is 9.70. The molecule has 1 aliphatic heterocycles. The van der Waals surface area contributed by atoms with E-state index in [-0.39, 0.29) is 0 Å². The average Bonchev–Trinajstić information content (AvgIpc) is 2.27. The molecule has 0 aromatic heterocycles. The second-order valence-corrected chi connectivity index (χ2v) is 5.01. The maximum atomic E-state index is 2.49. The van der Waals surface area contributed by atoms with Gasteiger partial charge in [0.25, 0.3) is 0 Å². The predicted octanol–water partition coefficient (Wildman–Crippen LogP) is 3.24. The number of hydrogen-bond acceptors (Lipinski definition) is 1. The molecule has 0 aromatic rings. The normalized spacial score (nSPS) is 38.3. The Kier molecular flexibility index (Phi) is 3.30. The first-order valence-electron chi connectivity index (χ1n) is 6.26. The van der Waals surface area contributed by atoms with Gasteiger partial charge in [-0.1, -0.05) is 12.2 Å². The molecule has 0 unspecified atom stereocenters. The molecule has 2 aliphatic rings. The van der Waals surface area contributed by atoms with Crippen molar-refractivity contribution in [2.45, 2.75) is 33.1 Å². The van der Waals surface area contributed by atoms with Gasteiger partial charge in [-0.05, 0) is 69.7 Å². The van der Waals surface area contributed by atoms with Crippen LogP contribution in [-0.2, 0) is 0 Å². The lowest BCUT2D eigenvalue weighted by molar-refractivity contribution is 0.150. The van der Waals surface area contributed by atoms with Gasteiger partial charge in [0.2, 0.25) is 0 Å². The van der Waals surface area contributed by atoms with Crippen LogP contribution in [0, 0.1) is 11.8 Å². The predicted molar refractivity (Wildman–Crippen MR) is 65.8 cm³/mol. The highest BCUT2D eigenvalue weighted by atomic mass is 15.1. The molecule has 0 amide bonds. The number of piperidine rings is 1. The van der Waals surface area contributed by atoms with Crippen LogP contribution in [0.2, 0.25) is 0 Å². The molecule has 2 rings (SSSR count). The van der Waals surface area contributed by atoms with E-state index in [1.807, 2.05) is 0 Å². The van der Waals surface area contributed by atoms with Gasteiger partial charge in [0.15, 0.2) is 0 Å². The minimum Gasteiger partial charge on any atom is -0.306 e. The van der Waals surface area contributed by atoms with Crippen molar-refractivity contribution in [2.75, 3.05) is 20.1 Å². The average molecular weight is 205 g/mol. The molecular formula is C14H23N. The van der Waals surface area contributed by atoms with Crippen molar-refractivity contribution >= 4 is 0 Å². The molecule has 1 nitrogen and oxygen atoms in total. The second kappa shape index (κ2) is 4.52. The van der Waals surface area contributed by atoms with Crippen LogP contribution in [0.15, 0.2) is 23.3 Å². The van der Waals surface area contributed by atoms with E-state index < -0.39 is 0 Å². The molecule has 0 spiro atoms. The molecule has 0 bridgehead atoms. The summed E-state index contributed by atoms with van der Waals surface area (Å²) in [6.07, 6.45) is 8.79. The largest absolute Gasteiger partial charge is 0.306 e. The molecule has 0 radical (unpaired) electrons. The number of nitrogens with zero attached hydrogens (tertiary/aromatic N) is 1. The standard InChI is InChI=1S/C14H23N/c1-4-11-6-7-12-8-9-15(3)10-14(12)13(11)5-2/h4-5,12,14H,6-10H2,1-3H3/b11-4-,13-5+/t12-,14+/m0/s1. The smallest absolute Gasteiger partial charge is 0.00499 e. The maximum absolute atomic E-state index is 2.49. The fourth-order valence-corrected chi connectivity index (χ4v) is 3.30. The molecule has 2 atom stereocenters. The molecule has 0 aromatic carbocycles. The SMILES string of the molecule is C/C=C1/CC[C@H]2CCN(C)C[C@H]2/C1=C/C. The number of rotatable bonds is 0. The van der Waals surface area contributed by atoms with Crippen LogP contribution in [0.5, 0.6) is 0 Å². The van der Waals surface area contributed by atoms with Gasteiger partial charge in [-0.25, -0.2) is 0 Å². The van der Waals surface area contributed by atoms with Gasteiger partial charge >= 0.3 is 0 Å². The van der Waals surface area contributed by atoms with Gasteiger partial charge in [0.05, 0.1) is 0 Å². The highest BCUT2D eigenvalue weighted by molar-refractivity contribution is 5.35. The van der Waals surface area contributed by atoms with Crippen molar-refractivity contribution in [1.82, 2.24) is 4.90 Å². The molecule has 0 N–H and O–H groups in total. The van der Waals surface area contributed by atoms with Crippen LogP contribution in [-0.4, -0.2) is 25.0 Å². The minimum absolute atomic E-state index is 0.814. The first kappa shape index (κ1) is 10.9. The van der Waals surface area contributed by atoms with E-state index >= 15 is 0 Å². The zero-order chi connectivity index (χ0) is 10.8. The highest BCUT2D eigenvalue weighted by Crippen LogP contribution is 2.41. The summed E-state index contributed by atoms with van der Waals surface area (Å²) in [5.41, 5.74) is 3.24. The van der Waals surface area contributed by atoms with Crippen molar-refractivity contribution < 1.29 is 0 Å². The summed E-state index contributed by atoms with van der Waals surface area (Å²) in [4.78, 5) is 2.49. The number of likely N-dealkylation sites (tertiary alicyclic amines) is 1. The molecule has 15 heavy (non-hydrogen) atoms. The quantitative estimate of drug-likeness (QED) is 0.587. The zero-order valence-corrected chi connectivity index (χ0v) is 10.3. The van der Waals surface area contributed by atoms with E-state index in [0.29, 0.717) is 0 Å². The van der Waals surface area contributed by atoms with Crippen molar-refractivity contribution in [3.63, 3.8) is 0 Å². The first-order chi connectivity index (χ1) is 7.26. The summed E-state index contributed by atoms with van der Waals surface area (Å²) in [6, 6.07) is 0. The van der Waals surface area contributed by atoms with Gasteiger partial charge in [0.1, 0.15) is 0 Å². The fraction of sp³-hybridized carbons (Fsp3) is 0.714. The van der Waals surface area contributed by atoms with Crippen molar-refractivity contribution in [1.29, 1.82) is 0 Å². The maximum Gasteiger partial charge on any atom is 0.00499 e. The topological polar surface area (TPSA) is 3.24 Å². The third-order valence-electron chi connectivity index (χ3n) is 4.17. The Bertz CT molecular complexity index is 288. The molecule has 1 saturated heterocycles. The van der Waals surface area contributed by atoms with Crippen molar-refractivity contribution in [3.05, 3.63) is 23.3 Å². The van der Waals surface area contributed by atoms with E-state index in [9.17, 15) is 0 Å². The third kappa shape index (κ3) is 2.03. The Morgan fingerprint density at radius 3 is 2.67 bits per heavy atom. The second-order valence-electron chi connectivity index (χ2n) is 5.01. The van der Waals surface area contributed by atoms with Crippen LogP contribution in [0.1, 0.15) is 33.1 Å². The Labute approximate surface area is 93.9 Å². The van der Waals surface area contributed by atoms with Crippen LogP contribution < -0.4 is 0 Å². The third-order valence-corrected chi connectivity index (χ3v) is 4.17. The Hall–Kier alpha value is -0.560. The van der Waals surface area contributed by atoms with Gasteiger partial charge in [-0.2, -0.15) is 0 Å². The van der Waals surface area contributed by atoms with Gasteiger partial charge in [-0.3, -0.25) is 0 Å². The lowest BCUT2D eigenvalue weighted by Crippen LogP contribution is -2.41. The summed E-state index contributed by atoms with van der Waals surface area (Å²) >= 11 is 0. The summed E-state index contributed by atoms with van der Waals surface area (Å²) in [6.45, 7) is 6.95. The molecule has 84 valence electrons. The van der Waals surface area contributed by atoms with E-state index in [1.54, 1.807) is 11.1 Å². The summed E-state index contributed by atoms with van der Waals surface area (Å²) < 4.78 is 0. The van der Waals surface area contributed by atoms with E-state index in [0.717, 1.165) is 11.8 Å². The highest BCUT2D eigenvalue weighted by Gasteiger charge is 2.34. The van der Waals surface area contributed by atoms with Gasteiger partial charge < -0.3 is 4.90 Å². The number of hydrogen-bond donors (Lipinski definition) is 0. The fourth-order valence-electron chi connectivity index (χ4n) is 3.30. The Morgan fingerprint density at radius 2 is 2.00 bits per heavy atom. The van der Waals surface area contributed by atoms with E-state index in [2.05, 4.69) is 37.9 Å². The molecule has 1 aliphatic carbocycles. The zero-order valence-electron chi connectivity index (χ0n) is 10.3. The summed E-state index contributed by atoms with van der Waals surface area (Å²) in [5, 5.41) is 0. The first-order valence-corrected chi connectivity index (χ1v) is 6.26. The minimum atomic E-state index is 0.814. The van der Waals surface area contributed by atoms with Crippen LogP contribution in [0.3, 0.4) is 0 Å². The van der Waals surface area contributed by atoms with Crippen LogP contribution in [0.25, 0.3) is 0 Å². The van der Waals surface area contributed by atoms with Gasteiger partial charge in [-0.15, -0.1) is 0 Å². The van der Waals surface area contributed by atoms with Gasteiger partial charge in [0, 0.05) is 6.54 Å². The Morgan fingerprint density at radius 1 is 1.20 bits per heavy atom. The summed E-state index contributed by atoms with van der Waals surface area (Å²) in [7, 11) is 2.26. The summed E-state index contributed by atoms with van der Waals surface area (Å²) in [5.74, 6) is 1.77. The molecule has 2 fully saturated rings. The van der Waals surface area contributed by atoms with E-state index in [4.69, 9.17) is 0 Å². The molecular weight excluding hydrogens is 182 g/mol. The van der Waals surface area contributed by atoms with Crippen molar-refractivity contribution in [2.24, 2.45) is 11.8 Å². The van der Waals surface area contributed by atoms with E-state index in [1.165, 1.54) is 32.4 Å². The van der Waals surface area contributed by atoms with Crippen molar-refractivity contribution in [3.8, 4) is 0 Å². The lowest BCUT2D eigenvalue weighted by Gasteiger charge is -2.42. The van der Waals surface area contributed by atoms with Crippen LogP contribution in [0.4, 0.5) is 0 Å². The number of fused-ring (bicyclic) bond motifs is 1.